The van der Waals surface area contributed by atoms with E-state index in [0.29, 0.717) is 0 Å². The third-order valence-corrected chi connectivity index (χ3v) is 2.91. The molecule has 0 aromatic heterocycles. The second-order valence-corrected chi connectivity index (χ2v) is 3.48. The normalized spacial score (nSPS) is 28.8. The lowest BCUT2D eigenvalue weighted by Crippen LogP contribution is -3.00. The van der Waals surface area contributed by atoms with Crippen LogP contribution in [0, 0.1) is 0 Å². The molecule has 0 aromatic carbocycles. The Bertz CT molecular complexity index is 176. The second-order valence-electron chi connectivity index (χ2n) is 2.39. The van der Waals surface area contributed by atoms with Gasteiger partial charge in [-0.2, -0.15) is 0 Å². The van der Waals surface area contributed by atoms with Crippen molar-refractivity contribution in [2.24, 2.45) is 0 Å². The van der Waals surface area contributed by atoms with E-state index < -0.39 is 0 Å². The van der Waals surface area contributed by atoms with Gasteiger partial charge in [-0.15, -0.1) is 0 Å². The number of hydrogen-bond donors (Lipinski definition) is 1. The molecule has 1 atom stereocenters. The lowest BCUT2D eigenvalue weighted by Gasteiger charge is -2.06. The highest BCUT2D eigenvalue weighted by molar-refractivity contribution is 8.03. The standard InChI is InChI=1S/C7H9NS.ClH/c1-2-4-7-6(3-1)8-5-9-7;/h1-2,4,6,8H,3,5H2;1H. The zero-order valence-corrected chi connectivity index (χ0v) is 7.16. The monoisotopic (exact) mass is 175 g/mol. The summed E-state index contributed by atoms with van der Waals surface area (Å²) in [7, 11) is 0. The van der Waals surface area contributed by atoms with Gasteiger partial charge in [-0.25, -0.2) is 0 Å². The van der Waals surface area contributed by atoms with Crippen LogP contribution in [0.4, 0.5) is 0 Å². The van der Waals surface area contributed by atoms with Gasteiger partial charge in [-0.1, -0.05) is 23.9 Å². The third kappa shape index (κ3) is 1.39. The summed E-state index contributed by atoms with van der Waals surface area (Å²) in [5.41, 5.74) is 0. The van der Waals surface area contributed by atoms with Gasteiger partial charge in [-0.05, 0) is 6.08 Å². The van der Waals surface area contributed by atoms with Crippen molar-refractivity contribution in [3.05, 3.63) is 23.1 Å². The fraction of sp³-hybridized carbons (Fsp3) is 0.429. The van der Waals surface area contributed by atoms with Gasteiger partial charge in [0, 0.05) is 11.3 Å². The fourth-order valence-electron chi connectivity index (χ4n) is 1.26. The van der Waals surface area contributed by atoms with Crippen LogP contribution in [0.2, 0.25) is 0 Å². The number of rotatable bonds is 0. The molecule has 1 unspecified atom stereocenters. The van der Waals surface area contributed by atoms with Gasteiger partial charge >= 0.3 is 0 Å². The molecule has 2 aliphatic rings. The zero-order valence-electron chi connectivity index (χ0n) is 5.59. The van der Waals surface area contributed by atoms with Crippen molar-refractivity contribution >= 4 is 11.8 Å². The van der Waals surface area contributed by atoms with E-state index in [1.807, 2.05) is 11.8 Å². The number of quaternary nitrogens is 1. The van der Waals surface area contributed by atoms with E-state index in [2.05, 4.69) is 23.5 Å². The first kappa shape index (κ1) is 8.18. The molecule has 1 heterocycles. The summed E-state index contributed by atoms with van der Waals surface area (Å²) < 4.78 is 0. The summed E-state index contributed by atoms with van der Waals surface area (Å²) in [5.74, 6) is 1.22. The number of hydrogen-bond acceptors (Lipinski definition) is 1. The van der Waals surface area contributed by atoms with Gasteiger partial charge in [0.15, 0.2) is 0 Å². The topological polar surface area (TPSA) is 16.6 Å². The van der Waals surface area contributed by atoms with E-state index in [4.69, 9.17) is 0 Å². The summed E-state index contributed by atoms with van der Waals surface area (Å²) >= 11 is 1.98. The van der Waals surface area contributed by atoms with E-state index >= 15 is 0 Å². The van der Waals surface area contributed by atoms with Crippen LogP contribution in [0.3, 0.4) is 0 Å². The van der Waals surface area contributed by atoms with Crippen molar-refractivity contribution in [1.29, 1.82) is 0 Å². The molecule has 0 radical (unpaired) electrons. The number of thioether (sulfide) groups is 1. The third-order valence-electron chi connectivity index (χ3n) is 1.78. The summed E-state index contributed by atoms with van der Waals surface area (Å²) in [6.07, 6.45) is 7.88. The van der Waals surface area contributed by atoms with Gasteiger partial charge in [0.2, 0.25) is 0 Å². The Hall–Kier alpha value is 0.0800. The van der Waals surface area contributed by atoms with E-state index in [1.54, 1.807) is 4.91 Å². The molecular formula is C7H10ClNS. The first-order chi connectivity index (χ1) is 4.47. The van der Waals surface area contributed by atoms with Crippen LogP contribution in [-0.4, -0.2) is 11.9 Å². The molecule has 1 nitrogen and oxygen atoms in total. The molecule has 1 aliphatic carbocycles. The highest BCUT2D eigenvalue weighted by Gasteiger charge is 2.24. The Balaban J connectivity index is 0.000000500. The molecule has 1 aliphatic heterocycles. The minimum atomic E-state index is 0. The number of halogens is 1. The van der Waals surface area contributed by atoms with Crippen LogP contribution < -0.4 is 17.7 Å². The van der Waals surface area contributed by atoms with Crippen LogP contribution in [0.15, 0.2) is 23.1 Å². The molecule has 0 saturated carbocycles. The highest BCUT2D eigenvalue weighted by atomic mass is 35.5. The van der Waals surface area contributed by atoms with Crippen molar-refractivity contribution in [2.75, 3.05) is 5.88 Å². The van der Waals surface area contributed by atoms with E-state index in [0.717, 1.165) is 6.04 Å². The molecule has 0 spiro atoms. The maximum Gasteiger partial charge on any atom is 0.127 e. The van der Waals surface area contributed by atoms with Gasteiger partial charge in [0.1, 0.15) is 11.9 Å². The number of allylic oxidation sites excluding steroid dienone is 2. The molecule has 0 aromatic rings. The molecule has 2 N–H and O–H groups in total. The maximum absolute atomic E-state index is 2.40. The predicted octanol–water partition coefficient (Wildman–Crippen LogP) is -2.53. The second kappa shape index (κ2) is 3.46. The molecule has 1 fully saturated rings. The van der Waals surface area contributed by atoms with Crippen LogP contribution >= 0.6 is 11.8 Å². The molecule has 3 heteroatoms. The lowest BCUT2D eigenvalue weighted by atomic mass is 10.1. The molecule has 0 amide bonds. The Kier molecular flexibility index (Phi) is 2.83. The van der Waals surface area contributed by atoms with Crippen LogP contribution in [0.1, 0.15) is 6.42 Å². The Morgan fingerprint density at radius 2 is 2.50 bits per heavy atom. The summed E-state index contributed by atoms with van der Waals surface area (Å²) in [6, 6.07) is 0.778. The zero-order chi connectivity index (χ0) is 6.10. The van der Waals surface area contributed by atoms with Crippen molar-refractivity contribution in [3.8, 4) is 0 Å². The molecule has 1 saturated heterocycles. The molecule has 0 bridgehead atoms. The van der Waals surface area contributed by atoms with Crippen molar-refractivity contribution < 1.29 is 17.7 Å². The first-order valence-corrected chi connectivity index (χ1v) is 4.28. The van der Waals surface area contributed by atoms with Gasteiger partial charge in [0.25, 0.3) is 0 Å². The van der Waals surface area contributed by atoms with Crippen LogP contribution in [-0.2, 0) is 0 Å². The van der Waals surface area contributed by atoms with E-state index in [-0.39, 0.29) is 12.4 Å². The van der Waals surface area contributed by atoms with Gasteiger partial charge in [-0.3, -0.25) is 0 Å². The molecular weight excluding hydrogens is 166 g/mol. The maximum atomic E-state index is 2.40. The SMILES string of the molecule is C1=CCC2[NH2+]CSC2=C1.[Cl-]. The average Bonchev–Trinajstić information content (AvgIpc) is 2.33. The van der Waals surface area contributed by atoms with Crippen molar-refractivity contribution in [1.82, 2.24) is 0 Å². The lowest BCUT2D eigenvalue weighted by molar-refractivity contribution is -0.656. The van der Waals surface area contributed by atoms with E-state index in [1.165, 1.54) is 12.3 Å². The van der Waals surface area contributed by atoms with Gasteiger partial charge in [0.05, 0.1) is 0 Å². The number of fused-ring (bicyclic) bond motifs is 1. The highest BCUT2D eigenvalue weighted by Crippen LogP contribution is 2.24. The minimum absolute atomic E-state index is 0. The summed E-state index contributed by atoms with van der Waals surface area (Å²) in [6.45, 7) is 0. The van der Waals surface area contributed by atoms with Crippen molar-refractivity contribution in [2.45, 2.75) is 12.5 Å². The van der Waals surface area contributed by atoms with Crippen LogP contribution in [0.25, 0.3) is 0 Å². The number of nitrogens with two attached hydrogens (primary N) is 1. The first-order valence-electron chi connectivity index (χ1n) is 3.29. The smallest absolute Gasteiger partial charge is 0.127 e. The van der Waals surface area contributed by atoms with Crippen LogP contribution in [0.5, 0.6) is 0 Å². The average molecular weight is 176 g/mol. The Labute approximate surface area is 71.4 Å². The summed E-state index contributed by atoms with van der Waals surface area (Å²) in [4.78, 5) is 1.57. The summed E-state index contributed by atoms with van der Waals surface area (Å²) in [5, 5.41) is 2.40. The quantitative estimate of drug-likeness (QED) is 0.430. The van der Waals surface area contributed by atoms with E-state index in [9.17, 15) is 0 Å². The molecule has 10 heavy (non-hydrogen) atoms. The molecule has 2 rings (SSSR count). The predicted molar refractivity (Wildman–Crippen MR) is 40.0 cm³/mol. The molecule has 56 valence electrons. The van der Waals surface area contributed by atoms with Crippen molar-refractivity contribution in [3.63, 3.8) is 0 Å². The Morgan fingerprint density at radius 1 is 1.60 bits per heavy atom. The Morgan fingerprint density at radius 3 is 3.30 bits per heavy atom. The largest absolute Gasteiger partial charge is 1.00 e. The minimum Gasteiger partial charge on any atom is -1.00 e. The fourth-order valence-corrected chi connectivity index (χ4v) is 2.36. The van der Waals surface area contributed by atoms with Gasteiger partial charge < -0.3 is 17.7 Å².